The van der Waals surface area contributed by atoms with Crippen LogP contribution in [0, 0.1) is 12.8 Å². The van der Waals surface area contributed by atoms with Gasteiger partial charge in [-0.3, -0.25) is 4.79 Å². The van der Waals surface area contributed by atoms with Crippen molar-refractivity contribution in [2.24, 2.45) is 11.7 Å². The lowest BCUT2D eigenvalue weighted by Gasteiger charge is -2.20. The minimum Gasteiger partial charge on any atom is -0.478 e. The first-order valence-corrected chi connectivity index (χ1v) is 5.72. The number of aromatic carboxylic acids is 1. The Hall–Kier alpha value is -2.04. The molecule has 1 atom stereocenters. The van der Waals surface area contributed by atoms with Crippen LogP contribution in [-0.4, -0.2) is 23.0 Å². The van der Waals surface area contributed by atoms with E-state index < -0.39 is 17.9 Å². The smallest absolute Gasteiger partial charge is 0.335 e. The van der Waals surface area contributed by atoms with Crippen LogP contribution in [0.4, 0.5) is 5.69 Å². The van der Waals surface area contributed by atoms with Crippen molar-refractivity contribution < 1.29 is 14.7 Å². The molecule has 0 heterocycles. The van der Waals surface area contributed by atoms with E-state index >= 15 is 0 Å². The SMILES string of the molecule is Cc1cc(NC(C(N)=O)C(C)C)ccc1C(=O)O. The van der Waals surface area contributed by atoms with Gasteiger partial charge in [0, 0.05) is 5.69 Å². The molecular formula is C13H18N2O3. The van der Waals surface area contributed by atoms with Gasteiger partial charge in [-0.15, -0.1) is 0 Å². The van der Waals surface area contributed by atoms with Gasteiger partial charge in [-0.1, -0.05) is 13.8 Å². The number of carbonyl (C=O) groups is 2. The maximum Gasteiger partial charge on any atom is 0.335 e. The van der Waals surface area contributed by atoms with E-state index in [9.17, 15) is 9.59 Å². The number of benzene rings is 1. The summed E-state index contributed by atoms with van der Waals surface area (Å²) in [7, 11) is 0. The number of amides is 1. The van der Waals surface area contributed by atoms with E-state index in [4.69, 9.17) is 10.8 Å². The second-order valence-electron chi connectivity index (χ2n) is 4.60. The molecule has 0 saturated heterocycles. The molecule has 5 heteroatoms. The molecule has 0 spiro atoms. The molecule has 1 rings (SSSR count). The Kier molecular flexibility index (Phi) is 4.31. The Morgan fingerprint density at radius 2 is 1.94 bits per heavy atom. The number of carboxylic acids is 1. The molecule has 0 saturated carbocycles. The van der Waals surface area contributed by atoms with Crippen LogP contribution >= 0.6 is 0 Å². The fourth-order valence-electron chi connectivity index (χ4n) is 1.74. The molecule has 1 aromatic carbocycles. The number of nitrogens with one attached hydrogen (secondary N) is 1. The van der Waals surface area contributed by atoms with Crippen LogP contribution in [0.25, 0.3) is 0 Å². The second-order valence-corrected chi connectivity index (χ2v) is 4.60. The van der Waals surface area contributed by atoms with Crippen LogP contribution < -0.4 is 11.1 Å². The van der Waals surface area contributed by atoms with Gasteiger partial charge in [0.1, 0.15) is 6.04 Å². The van der Waals surface area contributed by atoms with Crippen molar-refractivity contribution in [1.82, 2.24) is 0 Å². The molecule has 0 aromatic heterocycles. The number of primary amides is 1. The van der Waals surface area contributed by atoms with Gasteiger partial charge in [-0.05, 0) is 36.6 Å². The number of aryl methyl sites for hydroxylation is 1. The number of carboxylic acid groups (broad SMARTS) is 1. The predicted octanol–water partition coefficient (Wildman–Crippen LogP) is 1.62. The fourth-order valence-corrected chi connectivity index (χ4v) is 1.74. The summed E-state index contributed by atoms with van der Waals surface area (Å²) in [5.74, 6) is -1.33. The van der Waals surface area contributed by atoms with E-state index in [1.54, 1.807) is 19.1 Å². The van der Waals surface area contributed by atoms with Crippen LogP contribution in [-0.2, 0) is 4.79 Å². The van der Waals surface area contributed by atoms with Crippen molar-refractivity contribution in [3.63, 3.8) is 0 Å². The Labute approximate surface area is 106 Å². The van der Waals surface area contributed by atoms with Crippen molar-refractivity contribution >= 4 is 17.6 Å². The highest BCUT2D eigenvalue weighted by Crippen LogP contribution is 2.17. The standard InChI is InChI=1S/C13H18N2O3/c1-7(2)11(12(14)16)15-9-4-5-10(13(17)18)8(3)6-9/h4-7,11,15H,1-3H3,(H2,14,16)(H,17,18). The lowest BCUT2D eigenvalue weighted by molar-refractivity contribution is -0.119. The largest absolute Gasteiger partial charge is 0.478 e. The number of carbonyl (C=O) groups excluding carboxylic acids is 1. The number of rotatable bonds is 5. The van der Waals surface area contributed by atoms with E-state index in [0.29, 0.717) is 11.3 Å². The lowest BCUT2D eigenvalue weighted by Crippen LogP contribution is -2.39. The average Bonchev–Trinajstić information content (AvgIpc) is 2.24. The Balaban J connectivity index is 2.95. The molecular weight excluding hydrogens is 232 g/mol. The van der Waals surface area contributed by atoms with Crippen molar-refractivity contribution in [3.05, 3.63) is 29.3 Å². The normalized spacial score (nSPS) is 12.2. The maximum absolute atomic E-state index is 11.3. The summed E-state index contributed by atoms with van der Waals surface area (Å²) < 4.78 is 0. The second kappa shape index (κ2) is 5.53. The Morgan fingerprint density at radius 1 is 1.33 bits per heavy atom. The molecule has 0 bridgehead atoms. The van der Waals surface area contributed by atoms with Gasteiger partial charge in [0.25, 0.3) is 0 Å². The molecule has 4 N–H and O–H groups in total. The summed E-state index contributed by atoms with van der Waals surface area (Å²) in [5.41, 5.74) is 6.88. The molecule has 18 heavy (non-hydrogen) atoms. The summed E-state index contributed by atoms with van der Waals surface area (Å²) in [6.45, 7) is 5.49. The average molecular weight is 250 g/mol. The molecule has 0 radical (unpaired) electrons. The quantitative estimate of drug-likeness (QED) is 0.740. The summed E-state index contributed by atoms with van der Waals surface area (Å²) in [6.07, 6.45) is 0. The Bertz CT molecular complexity index is 469. The first-order chi connectivity index (χ1) is 8.32. The molecule has 98 valence electrons. The van der Waals surface area contributed by atoms with Crippen LogP contribution in [0.1, 0.15) is 29.8 Å². The molecule has 0 aliphatic heterocycles. The third kappa shape index (κ3) is 3.23. The van der Waals surface area contributed by atoms with Crippen molar-refractivity contribution in [2.45, 2.75) is 26.8 Å². The zero-order chi connectivity index (χ0) is 13.9. The molecule has 5 nitrogen and oxygen atoms in total. The Morgan fingerprint density at radius 3 is 2.33 bits per heavy atom. The van der Waals surface area contributed by atoms with Crippen molar-refractivity contribution in [2.75, 3.05) is 5.32 Å². The molecule has 1 amide bonds. The van der Waals surface area contributed by atoms with Gasteiger partial charge >= 0.3 is 5.97 Å². The van der Waals surface area contributed by atoms with E-state index in [0.717, 1.165) is 0 Å². The summed E-state index contributed by atoms with van der Waals surface area (Å²) >= 11 is 0. The van der Waals surface area contributed by atoms with Gasteiger partial charge in [0.2, 0.25) is 5.91 Å². The number of hydrogen-bond acceptors (Lipinski definition) is 3. The molecule has 0 fully saturated rings. The van der Waals surface area contributed by atoms with E-state index in [1.807, 2.05) is 13.8 Å². The maximum atomic E-state index is 11.3. The molecule has 1 aromatic rings. The van der Waals surface area contributed by atoms with Crippen LogP contribution in [0.15, 0.2) is 18.2 Å². The number of hydrogen-bond donors (Lipinski definition) is 3. The van der Waals surface area contributed by atoms with Gasteiger partial charge in [-0.25, -0.2) is 4.79 Å². The zero-order valence-electron chi connectivity index (χ0n) is 10.7. The van der Waals surface area contributed by atoms with Gasteiger partial charge in [-0.2, -0.15) is 0 Å². The zero-order valence-corrected chi connectivity index (χ0v) is 10.7. The number of anilines is 1. The third-order valence-corrected chi connectivity index (χ3v) is 2.75. The first-order valence-electron chi connectivity index (χ1n) is 5.72. The van der Waals surface area contributed by atoms with Crippen molar-refractivity contribution in [3.8, 4) is 0 Å². The lowest BCUT2D eigenvalue weighted by atomic mass is 10.0. The minimum absolute atomic E-state index is 0.0574. The van der Waals surface area contributed by atoms with Crippen LogP contribution in [0.2, 0.25) is 0 Å². The highest BCUT2D eigenvalue weighted by atomic mass is 16.4. The first kappa shape index (κ1) is 14.0. The van der Waals surface area contributed by atoms with E-state index in [-0.39, 0.29) is 11.5 Å². The van der Waals surface area contributed by atoms with Gasteiger partial charge < -0.3 is 16.2 Å². The summed E-state index contributed by atoms with van der Waals surface area (Å²) in [5, 5.41) is 11.9. The minimum atomic E-state index is -0.964. The molecule has 1 unspecified atom stereocenters. The predicted molar refractivity (Wildman–Crippen MR) is 69.6 cm³/mol. The van der Waals surface area contributed by atoms with Crippen LogP contribution in [0.5, 0.6) is 0 Å². The summed E-state index contributed by atoms with van der Waals surface area (Å²) in [6, 6.07) is 4.37. The molecule has 0 aliphatic rings. The van der Waals surface area contributed by atoms with Gasteiger partial charge in [0.05, 0.1) is 5.56 Å². The topological polar surface area (TPSA) is 92.4 Å². The third-order valence-electron chi connectivity index (χ3n) is 2.75. The van der Waals surface area contributed by atoms with Gasteiger partial charge in [0.15, 0.2) is 0 Å². The highest BCUT2D eigenvalue weighted by molar-refractivity contribution is 5.90. The molecule has 0 aliphatic carbocycles. The summed E-state index contributed by atoms with van der Waals surface area (Å²) in [4.78, 5) is 22.1. The number of nitrogens with two attached hydrogens (primary N) is 1. The van der Waals surface area contributed by atoms with E-state index in [2.05, 4.69) is 5.32 Å². The van der Waals surface area contributed by atoms with Crippen molar-refractivity contribution in [1.29, 1.82) is 0 Å². The highest BCUT2D eigenvalue weighted by Gasteiger charge is 2.19. The monoisotopic (exact) mass is 250 g/mol. The fraction of sp³-hybridized carbons (Fsp3) is 0.385. The van der Waals surface area contributed by atoms with E-state index in [1.165, 1.54) is 6.07 Å². The van der Waals surface area contributed by atoms with Crippen LogP contribution in [0.3, 0.4) is 0 Å².